The molecule has 19 heavy (non-hydrogen) atoms. The Bertz CT molecular complexity index is 437. The van der Waals surface area contributed by atoms with Gasteiger partial charge in [0.2, 0.25) is 0 Å². The fourth-order valence-electron chi connectivity index (χ4n) is 1.60. The minimum atomic E-state index is -0.835. The summed E-state index contributed by atoms with van der Waals surface area (Å²) in [4.78, 5) is 26.0. The largest absolute Gasteiger partial charge is 0.481 e. The molecule has 5 nitrogen and oxygen atoms in total. The summed E-state index contributed by atoms with van der Waals surface area (Å²) < 4.78 is 0. The van der Waals surface area contributed by atoms with Crippen molar-refractivity contribution in [2.45, 2.75) is 33.2 Å². The fraction of sp³-hybridized carbons (Fsp3) is 0.538. The second-order valence-corrected chi connectivity index (χ2v) is 5.87. The van der Waals surface area contributed by atoms with E-state index in [4.69, 9.17) is 5.11 Å². The number of hydrogen-bond acceptors (Lipinski definition) is 3. The predicted molar refractivity (Wildman–Crippen MR) is 75.5 cm³/mol. The molecule has 0 aliphatic rings. The molecule has 0 saturated heterocycles. The third-order valence-corrected chi connectivity index (χ3v) is 4.01. The van der Waals surface area contributed by atoms with Crippen LogP contribution in [0.5, 0.6) is 0 Å². The summed E-state index contributed by atoms with van der Waals surface area (Å²) in [5.41, 5.74) is 1.24. The highest BCUT2D eigenvalue weighted by atomic mass is 32.1. The lowest BCUT2D eigenvalue weighted by molar-refractivity contribution is -0.137. The first-order valence-corrected chi connectivity index (χ1v) is 6.98. The van der Waals surface area contributed by atoms with Gasteiger partial charge in [-0.2, -0.15) is 0 Å². The zero-order valence-corrected chi connectivity index (χ0v) is 12.3. The number of carbonyl (C=O) groups excluding carboxylic acids is 1. The number of nitrogens with one attached hydrogen (secondary N) is 1. The van der Waals surface area contributed by atoms with Crippen molar-refractivity contribution in [2.24, 2.45) is 0 Å². The van der Waals surface area contributed by atoms with Crippen molar-refractivity contribution in [3.05, 3.63) is 21.4 Å². The third-order valence-electron chi connectivity index (χ3n) is 2.86. The molecule has 0 fully saturated rings. The Hall–Kier alpha value is -1.56. The van der Waals surface area contributed by atoms with Crippen LogP contribution in [0.2, 0.25) is 0 Å². The summed E-state index contributed by atoms with van der Waals surface area (Å²) >= 11 is 1.68. The zero-order valence-electron chi connectivity index (χ0n) is 11.5. The molecule has 1 aromatic heterocycles. The average Bonchev–Trinajstić information content (AvgIpc) is 2.65. The molecule has 0 unspecified atom stereocenters. The molecule has 0 aliphatic heterocycles. The molecule has 2 amide bonds. The van der Waals surface area contributed by atoms with E-state index in [9.17, 15) is 9.59 Å². The van der Waals surface area contributed by atoms with Crippen molar-refractivity contribution < 1.29 is 14.7 Å². The van der Waals surface area contributed by atoms with Gasteiger partial charge in [0, 0.05) is 29.8 Å². The Morgan fingerprint density at radius 2 is 2.11 bits per heavy atom. The number of carboxylic acid groups (broad SMARTS) is 1. The number of thiophene rings is 1. The summed E-state index contributed by atoms with van der Waals surface area (Å²) in [6.45, 7) is 5.07. The number of rotatable bonds is 6. The van der Waals surface area contributed by atoms with Crippen LogP contribution in [0.15, 0.2) is 6.07 Å². The number of aryl methyl sites for hydroxylation is 2. The third kappa shape index (κ3) is 5.30. The normalized spacial score (nSPS) is 10.3. The molecule has 1 rings (SSSR count). The monoisotopic (exact) mass is 284 g/mol. The van der Waals surface area contributed by atoms with Gasteiger partial charge < -0.3 is 15.3 Å². The second kappa shape index (κ2) is 7.13. The number of aliphatic carboxylic acids is 1. The maximum absolute atomic E-state index is 11.8. The zero-order chi connectivity index (χ0) is 14.4. The number of urea groups is 1. The van der Waals surface area contributed by atoms with Crippen LogP contribution in [0.4, 0.5) is 4.79 Å². The maximum Gasteiger partial charge on any atom is 0.317 e. The summed E-state index contributed by atoms with van der Waals surface area (Å²) in [5, 5.41) is 11.4. The molecule has 6 heteroatoms. The maximum atomic E-state index is 11.8. The smallest absolute Gasteiger partial charge is 0.317 e. The van der Waals surface area contributed by atoms with Gasteiger partial charge in [-0.25, -0.2) is 4.79 Å². The van der Waals surface area contributed by atoms with Gasteiger partial charge in [0.1, 0.15) is 0 Å². The lowest BCUT2D eigenvalue weighted by Crippen LogP contribution is -2.37. The highest BCUT2D eigenvalue weighted by Gasteiger charge is 2.09. The lowest BCUT2D eigenvalue weighted by atomic mass is 10.3. The molecule has 0 saturated carbocycles. The number of carbonyl (C=O) groups is 2. The molecule has 1 aromatic rings. The molecule has 0 aromatic carbocycles. The molecule has 0 atom stereocenters. The van der Waals surface area contributed by atoms with Crippen LogP contribution < -0.4 is 5.32 Å². The Morgan fingerprint density at radius 1 is 1.42 bits per heavy atom. The Balaban J connectivity index is 2.32. The molecular weight excluding hydrogens is 264 g/mol. The van der Waals surface area contributed by atoms with E-state index in [0.29, 0.717) is 19.5 Å². The summed E-state index contributed by atoms with van der Waals surface area (Å²) in [7, 11) is 1.67. The van der Waals surface area contributed by atoms with Crippen LogP contribution in [-0.4, -0.2) is 35.6 Å². The van der Waals surface area contributed by atoms with Gasteiger partial charge in [-0.05, 0) is 31.9 Å². The molecule has 2 N–H and O–H groups in total. The summed E-state index contributed by atoms with van der Waals surface area (Å²) in [6, 6.07) is 1.90. The first-order valence-electron chi connectivity index (χ1n) is 6.17. The SMILES string of the molecule is Cc1cc(CNC(=O)N(C)CCCC(=O)O)sc1C. The van der Waals surface area contributed by atoms with Crippen LogP contribution >= 0.6 is 11.3 Å². The van der Waals surface area contributed by atoms with E-state index in [-0.39, 0.29) is 12.5 Å². The summed E-state index contributed by atoms with van der Waals surface area (Å²) in [6.07, 6.45) is 0.553. The summed E-state index contributed by atoms with van der Waals surface area (Å²) in [5.74, 6) is -0.835. The average molecular weight is 284 g/mol. The van der Waals surface area contributed by atoms with Crippen LogP contribution in [0.3, 0.4) is 0 Å². The van der Waals surface area contributed by atoms with Crippen molar-refractivity contribution in [2.75, 3.05) is 13.6 Å². The molecule has 0 radical (unpaired) electrons. The first kappa shape index (κ1) is 15.5. The number of amides is 2. The highest BCUT2D eigenvalue weighted by Crippen LogP contribution is 2.20. The van der Waals surface area contributed by atoms with Crippen LogP contribution in [0.25, 0.3) is 0 Å². The van der Waals surface area contributed by atoms with E-state index in [2.05, 4.69) is 25.2 Å². The van der Waals surface area contributed by atoms with E-state index in [0.717, 1.165) is 4.88 Å². The molecule has 106 valence electrons. The number of carboxylic acids is 1. The van der Waals surface area contributed by atoms with Crippen molar-refractivity contribution in [3.63, 3.8) is 0 Å². The lowest BCUT2D eigenvalue weighted by Gasteiger charge is -2.17. The topological polar surface area (TPSA) is 69.6 Å². The first-order chi connectivity index (χ1) is 8.90. The van der Waals surface area contributed by atoms with Crippen molar-refractivity contribution in [3.8, 4) is 0 Å². The Labute approximate surface area is 117 Å². The van der Waals surface area contributed by atoms with E-state index < -0.39 is 5.97 Å². The Morgan fingerprint density at radius 3 is 2.63 bits per heavy atom. The van der Waals surface area contributed by atoms with Gasteiger partial charge in [-0.15, -0.1) is 11.3 Å². The molecule has 1 heterocycles. The second-order valence-electron chi connectivity index (χ2n) is 4.53. The standard InChI is InChI=1S/C13H20N2O3S/c1-9-7-11(19-10(9)2)8-14-13(18)15(3)6-4-5-12(16)17/h7H,4-6,8H2,1-3H3,(H,14,18)(H,16,17). The van der Waals surface area contributed by atoms with E-state index in [1.54, 1.807) is 18.4 Å². The van der Waals surface area contributed by atoms with Gasteiger partial charge in [-0.1, -0.05) is 0 Å². The van der Waals surface area contributed by atoms with E-state index in [1.807, 2.05) is 0 Å². The fourth-order valence-corrected chi connectivity index (χ4v) is 2.60. The van der Waals surface area contributed by atoms with Crippen molar-refractivity contribution in [1.29, 1.82) is 0 Å². The minimum Gasteiger partial charge on any atom is -0.481 e. The number of hydrogen-bond donors (Lipinski definition) is 2. The number of nitrogens with zero attached hydrogens (tertiary/aromatic N) is 1. The molecule has 0 spiro atoms. The van der Waals surface area contributed by atoms with Gasteiger partial charge >= 0.3 is 12.0 Å². The molecular formula is C13H20N2O3S. The van der Waals surface area contributed by atoms with Gasteiger partial charge in [-0.3, -0.25) is 4.79 Å². The molecule has 0 aliphatic carbocycles. The van der Waals surface area contributed by atoms with Gasteiger partial charge in [0.05, 0.1) is 6.54 Å². The quantitative estimate of drug-likeness (QED) is 0.842. The van der Waals surface area contributed by atoms with Crippen molar-refractivity contribution in [1.82, 2.24) is 10.2 Å². The van der Waals surface area contributed by atoms with E-state index in [1.165, 1.54) is 15.3 Å². The highest BCUT2D eigenvalue weighted by molar-refractivity contribution is 7.12. The van der Waals surface area contributed by atoms with E-state index >= 15 is 0 Å². The van der Waals surface area contributed by atoms with Crippen LogP contribution in [0, 0.1) is 13.8 Å². The van der Waals surface area contributed by atoms with Gasteiger partial charge in [0.25, 0.3) is 0 Å². The van der Waals surface area contributed by atoms with Crippen LogP contribution in [-0.2, 0) is 11.3 Å². The minimum absolute atomic E-state index is 0.0843. The predicted octanol–water partition coefficient (Wildman–Crippen LogP) is 2.37. The van der Waals surface area contributed by atoms with Gasteiger partial charge in [0.15, 0.2) is 0 Å². The van der Waals surface area contributed by atoms with Crippen LogP contribution in [0.1, 0.15) is 28.2 Å². The van der Waals surface area contributed by atoms with Crippen molar-refractivity contribution >= 4 is 23.3 Å². The molecule has 0 bridgehead atoms. The Kier molecular flexibility index (Phi) is 5.82.